The number of benzene rings is 2. The number of carbonyl (C=O) groups is 1. The van der Waals surface area contributed by atoms with E-state index in [1.807, 2.05) is 18.2 Å². The van der Waals surface area contributed by atoms with Crippen molar-refractivity contribution in [2.45, 2.75) is 24.7 Å². The first-order chi connectivity index (χ1) is 11.2. The minimum absolute atomic E-state index is 0.0727. The highest BCUT2D eigenvalue weighted by atomic mass is 16.2. The van der Waals surface area contributed by atoms with E-state index in [-0.39, 0.29) is 11.4 Å². The van der Waals surface area contributed by atoms with Crippen molar-refractivity contribution in [3.8, 4) is 6.07 Å². The van der Waals surface area contributed by atoms with E-state index < -0.39 is 0 Å². The molecule has 0 saturated heterocycles. The Hall–Kier alpha value is -2.80. The zero-order valence-electron chi connectivity index (χ0n) is 12.9. The Kier molecular flexibility index (Phi) is 4.29. The van der Waals surface area contributed by atoms with Gasteiger partial charge in [-0.05, 0) is 42.7 Å². The lowest BCUT2D eigenvalue weighted by atomic mass is 9.64. The van der Waals surface area contributed by atoms with Gasteiger partial charge in [-0.3, -0.25) is 0 Å². The van der Waals surface area contributed by atoms with Gasteiger partial charge in [-0.15, -0.1) is 0 Å². The van der Waals surface area contributed by atoms with Crippen LogP contribution in [0.4, 0.5) is 10.5 Å². The molecule has 0 heterocycles. The van der Waals surface area contributed by atoms with Crippen molar-refractivity contribution in [2.75, 3.05) is 11.9 Å². The molecular weight excluding hydrogens is 286 g/mol. The molecule has 116 valence electrons. The number of hydrogen-bond donors (Lipinski definition) is 2. The summed E-state index contributed by atoms with van der Waals surface area (Å²) < 4.78 is 0. The first-order valence-electron chi connectivity index (χ1n) is 7.82. The minimum Gasteiger partial charge on any atom is -0.337 e. The molecule has 23 heavy (non-hydrogen) atoms. The average molecular weight is 305 g/mol. The molecule has 3 rings (SSSR count). The lowest BCUT2D eigenvalue weighted by Gasteiger charge is -2.42. The van der Waals surface area contributed by atoms with Crippen molar-refractivity contribution < 1.29 is 4.79 Å². The Morgan fingerprint density at radius 1 is 1.09 bits per heavy atom. The van der Waals surface area contributed by atoms with Gasteiger partial charge in [-0.2, -0.15) is 5.26 Å². The van der Waals surface area contributed by atoms with Crippen molar-refractivity contribution in [3.63, 3.8) is 0 Å². The zero-order chi connectivity index (χ0) is 16.1. The third kappa shape index (κ3) is 3.35. The normalized spacial score (nSPS) is 15.1. The number of anilines is 1. The molecule has 0 atom stereocenters. The van der Waals surface area contributed by atoms with Gasteiger partial charge in [0.05, 0.1) is 11.6 Å². The quantitative estimate of drug-likeness (QED) is 0.902. The summed E-state index contributed by atoms with van der Waals surface area (Å²) in [5.41, 5.74) is 2.63. The highest BCUT2D eigenvalue weighted by Crippen LogP contribution is 2.43. The molecule has 4 heteroatoms. The summed E-state index contributed by atoms with van der Waals surface area (Å²) in [6.45, 7) is 0.638. The molecule has 0 bridgehead atoms. The summed E-state index contributed by atoms with van der Waals surface area (Å²) in [6, 6.07) is 19.1. The molecular formula is C19H19N3O. The Morgan fingerprint density at radius 2 is 1.78 bits per heavy atom. The van der Waals surface area contributed by atoms with E-state index in [0.29, 0.717) is 17.8 Å². The topological polar surface area (TPSA) is 64.9 Å². The van der Waals surface area contributed by atoms with Gasteiger partial charge in [0.15, 0.2) is 0 Å². The van der Waals surface area contributed by atoms with Gasteiger partial charge >= 0.3 is 6.03 Å². The van der Waals surface area contributed by atoms with Crippen LogP contribution < -0.4 is 10.6 Å². The maximum absolute atomic E-state index is 12.1. The fraction of sp³-hybridized carbons (Fsp3) is 0.263. The van der Waals surface area contributed by atoms with Crippen molar-refractivity contribution in [2.24, 2.45) is 0 Å². The first kappa shape index (κ1) is 15.1. The fourth-order valence-electron chi connectivity index (χ4n) is 3.02. The third-order valence-electron chi connectivity index (χ3n) is 4.56. The number of hydrogen-bond acceptors (Lipinski definition) is 2. The molecule has 1 aliphatic rings. The van der Waals surface area contributed by atoms with Crippen LogP contribution in [-0.2, 0) is 5.41 Å². The van der Waals surface area contributed by atoms with E-state index in [1.54, 1.807) is 24.3 Å². The summed E-state index contributed by atoms with van der Waals surface area (Å²) in [4.78, 5) is 12.1. The van der Waals surface area contributed by atoms with Crippen LogP contribution in [-0.4, -0.2) is 12.6 Å². The molecule has 2 N–H and O–H groups in total. The van der Waals surface area contributed by atoms with Crippen LogP contribution in [0.3, 0.4) is 0 Å². The minimum atomic E-state index is -0.211. The predicted molar refractivity (Wildman–Crippen MR) is 90.1 cm³/mol. The number of amides is 2. The van der Waals surface area contributed by atoms with Gasteiger partial charge in [0.2, 0.25) is 0 Å². The van der Waals surface area contributed by atoms with E-state index >= 15 is 0 Å². The number of rotatable bonds is 4. The summed E-state index contributed by atoms with van der Waals surface area (Å²) in [6.07, 6.45) is 3.41. The van der Waals surface area contributed by atoms with E-state index in [4.69, 9.17) is 5.26 Å². The van der Waals surface area contributed by atoms with Gasteiger partial charge in [0.1, 0.15) is 0 Å². The molecule has 0 aromatic heterocycles. The fourth-order valence-corrected chi connectivity index (χ4v) is 3.02. The molecule has 2 amide bonds. The number of carbonyl (C=O) groups excluding carboxylic acids is 1. The SMILES string of the molecule is N#Cc1ccc(NC(=O)NCC2(c3ccccc3)CCC2)cc1. The van der Waals surface area contributed by atoms with E-state index in [2.05, 4.69) is 28.8 Å². The molecule has 4 nitrogen and oxygen atoms in total. The summed E-state index contributed by atoms with van der Waals surface area (Å²) >= 11 is 0. The molecule has 1 saturated carbocycles. The zero-order valence-corrected chi connectivity index (χ0v) is 12.9. The Morgan fingerprint density at radius 3 is 2.35 bits per heavy atom. The van der Waals surface area contributed by atoms with Gasteiger partial charge in [-0.1, -0.05) is 36.8 Å². The number of nitrogens with one attached hydrogen (secondary N) is 2. The Bertz CT molecular complexity index is 713. The molecule has 0 spiro atoms. The van der Waals surface area contributed by atoms with Crippen LogP contribution >= 0.6 is 0 Å². The molecule has 1 aliphatic carbocycles. The highest BCUT2D eigenvalue weighted by Gasteiger charge is 2.38. The van der Waals surface area contributed by atoms with Crippen molar-refractivity contribution in [1.82, 2.24) is 5.32 Å². The highest BCUT2D eigenvalue weighted by molar-refractivity contribution is 5.89. The largest absolute Gasteiger partial charge is 0.337 e. The van der Waals surface area contributed by atoms with Crippen LogP contribution in [0.15, 0.2) is 54.6 Å². The van der Waals surface area contributed by atoms with E-state index in [1.165, 1.54) is 12.0 Å². The van der Waals surface area contributed by atoms with Crippen LogP contribution in [0, 0.1) is 11.3 Å². The number of urea groups is 1. The molecule has 2 aromatic carbocycles. The second kappa shape index (κ2) is 6.53. The van der Waals surface area contributed by atoms with E-state index in [9.17, 15) is 4.79 Å². The van der Waals surface area contributed by atoms with Crippen LogP contribution in [0.1, 0.15) is 30.4 Å². The summed E-state index contributed by atoms with van der Waals surface area (Å²) in [5, 5.41) is 14.6. The van der Waals surface area contributed by atoms with Crippen molar-refractivity contribution in [1.29, 1.82) is 5.26 Å². The Balaban J connectivity index is 1.59. The average Bonchev–Trinajstić information content (AvgIpc) is 2.55. The second-order valence-electron chi connectivity index (χ2n) is 6.00. The monoisotopic (exact) mass is 305 g/mol. The number of nitriles is 1. The molecule has 1 fully saturated rings. The van der Waals surface area contributed by atoms with E-state index in [0.717, 1.165) is 12.8 Å². The molecule has 0 aliphatic heterocycles. The number of nitrogens with zero attached hydrogens (tertiary/aromatic N) is 1. The Labute approximate surface area is 136 Å². The maximum Gasteiger partial charge on any atom is 0.319 e. The maximum atomic E-state index is 12.1. The third-order valence-corrected chi connectivity index (χ3v) is 4.56. The van der Waals surface area contributed by atoms with Crippen LogP contribution in [0.5, 0.6) is 0 Å². The van der Waals surface area contributed by atoms with Crippen molar-refractivity contribution >= 4 is 11.7 Å². The van der Waals surface area contributed by atoms with Gasteiger partial charge in [-0.25, -0.2) is 4.79 Å². The van der Waals surface area contributed by atoms with Crippen molar-refractivity contribution in [3.05, 3.63) is 65.7 Å². The van der Waals surface area contributed by atoms with Gasteiger partial charge in [0, 0.05) is 17.6 Å². The lowest BCUT2D eigenvalue weighted by molar-refractivity contribution is 0.222. The van der Waals surface area contributed by atoms with Gasteiger partial charge < -0.3 is 10.6 Å². The molecule has 0 radical (unpaired) electrons. The lowest BCUT2D eigenvalue weighted by Crippen LogP contribution is -2.46. The summed E-state index contributed by atoms with van der Waals surface area (Å²) in [5.74, 6) is 0. The van der Waals surface area contributed by atoms with Gasteiger partial charge in [0.25, 0.3) is 0 Å². The first-order valence-corrected chi connectivity index (χ1v) is 7.82. The van der Waals surface area contributed by atoms with Crippen LogP contribution in [0.25, 0.3) is 0 Å². The standard InChI is InChI=1S/C19H19N3O/c20-13-15-7-9-17(10-8-15)22-18(23)21-14-19(11-4-12-19)16-5-2-1-3-6-16/h1-3,5-10H,4,11-12,14H2,(H2,21,22,23). The summed E-state index contributed by atoms with van der Waals surface area (Å²) in [7, 11) is 0. The predicted octanol–water partition coefficient (Wildman–Crippen LogP) is 3.80. The molecule has 0 unspecified atom stereocenters. The second-order valence-corrected chi connectivity index (χ2v) is 6.00. The smallest absolute Gasteiger partial charge is 0.319 e. The molecule has 2 aromatic rings. The van der Waals surface area contributed by atoms with Crippen LogP contribution in [0.2, 0.25) is 0 Å².